The summed E-state index contributed by atoms with van der Waals surface area (Å²) in [4.78, 5) is 5.13. The van der Waals surface area contributed by atoms with Crippen LogP contribution in [0.3, 0.4) is 0 Å². The highest BCUT2D eigenvalue weighted by atomic mass is 16.2. The molecule has 1 heterocycles. The maximum atomic E-state index is 8.91. The van der Waals surface area contributed by atoms with Gasteiger partial charge < -0.3 is 5.11 Å². The Morgan fingerprint density at radius 1 is 0.808 bits per heavy atom. The van der Waals surface area contributed by atoms with Crippen molar-refractivity contribution in [3.05, 3.63) is 82.9 Å². The zero-order chi connectivity index (χ0) is 17.8. The fourth-order valence-corrected chi connectivity index (χ4v) is 4.39. The summed E-state index contributed by atoms with van der Waals surface area (Å²) in [5.41, 5.74) is 5.99. The molecular weight excluding hydrogens is 320 g/mol. The van der Waals surface area contributed by atoms with Gasteiger partial charge >= 0.3 is 0 Å². The second-order valence-corrected chi connectivity index (χ2v) is 7.29. The Labute approximate surface area is 156 Å². The van der Waals surface area contributed by atoms with Crippen LogP contribution in [0.25, 0.3) is 0 Å². The van der Waals surface area contributed by atoms with E-state index in [0.717, 1.165) is 45.6 Å². The third-order valence-electron chi connectivity index (χ3n) is 5.77. The van der Waals surface area contributed by atoms with Gasteiger partial charge in [0.1, 0.15) is 0 Å². The molecule has 0 unspecified atom stereocenters. The predicted molar refractivity (Wildman–Crippen MR) is 106 cm³/mol. The molecule has 0 spiro atoms. The van der Waals surface area contributed by atoms with Gasteiger partial charge in [0.05, 0.1) is 12.6 Å². The van der Waals surface area contributed by atoms with Crippen LogP contribution in [0.1, 0.15) is 28.3 Å². The molecule has 1 N–H and O–H groups in total. The maximum Gasteiger partial charge on any atom is 0.0612 e. The number of hydrogen-bond donors (Lipinski definition) is 1. The molecule has 1 saturated heterocycles. The number of benzene rings is 2. The molecule has 0 amide bonds. The lowest BCUT2D eigenvalue weighted by atomic mass is 9.93. The second-order valence-electron chi connectivity index (χ2n) is 7.29. The van der Waals surface area contributed by atoms with E-state index in [9.17, 15) is 0 Å². The summed E-state index contributed by atoms with van der Waals surface area (Å²) in [7, 11) is 0. The topological polar surface area (TPSA) is 26.7 Å². The summed E-state index contributed by atoms with van der Waals surface area (Å²) in [6.07, 6.45) is 6.18. The van der Waals surface area contributed by atoms with Gasteiger partial charge in [-0.1, -0.05) is 60.7 Å². The van der Waals surface area contributed by atoms with Gasteiger partial charge in [-0.2, -0.15) is 0 Å². The lowest BCUT2D eigenvalue weighted by Crippen LogP contribution is -2.47. The number of aryl methyl sites for hydroxylation is 2. The zero-order valence-electron chi connectivity index (χ0n) is 15.3. The van der Waals surface area contributed by atoms with Crippen molar-refractivity contribution in [2.75, 3.05) is 39.3 Å². The molecular formula is C23H28N2O. The normalized spacial score (nSPS) is 19.3. The van der Waals surface area contributed by atoms with E-state index >= 15 is 0 Å². The molecule has 0 radical (unpaired) electrons. The number of nitrogens with zero attached hydrogens (tertiary/aromatic N) is 2. The molecule has 3 heteroatoms. The first-order valence-electron chi connectivity index (χ1n) is 9.74. The first kappa shape index (κ1) is 17.5. The van der Waals surface area contributed by atoms with Gasteiger partial charge in [0.2, 0.25) is 0 Å². The molecule has 4 rings (SSSR count). The van der Waals surface area contributed by atoms with E-state index in [1.807, 2.05) is 6.08 Å². The van der Waals surface area contributed by atoms with E-state index in [2.05, 4.69) is 64.4 Å². The SMILES string of the molecule is OC/C=C/CN1CCN(C2c3ccccc3CCc3ccccc32)CC1. The Kier molecular flexibility index (Phi) is 5.49. The van der Waals surface area contributed by atoms with Gasteiger partial charge in [-0.25, -0.2) is 0 Å². The van der Waals surface area contributed by atoms with Gasteiger partial charge in [-0.3, -0.25) is 9.80 Å². The van der Waals surface area contributed by atoms with Crippen molar-refractivity contribution >= 4 is 0 Å². The van der Waals surface area contributed by atoms with Gasteiger partial charge in [-0.05, 0) is 35.1 Å². The molecule has 0 aromatic heterocycles. The van der Waals surface area contributed by atoms with Crippen molar-refractivity contribution in [2.24, 2.45) is 0 Å². The van der Waals surface area contributed by atoms with Crippen molar-refractivity contribution < 1.29 is 5.11 Å². The minimum atomic E-state index is 0.135. The summed E-state index contributed by atoms with van der Waals surface area (Å²) in [5.74, 6) is 0. The van der Waals surface area contributed by atoms with Gasteiger partial charge in [0.15, 0.2) is 0 Å². The minimum absolute atomic E-state index is 0.135. The Bertz CT molecular complexity index is 715. The van der Waals surface area contributed by atoms with E-state index in [1.165, 1.54) is 22.3 Å². The van der Waals surface area contributed by atoms with Crippen LogP contribution < -0.4 is 0 Å². The van der Waals surface area contributed by atoms with Gasteiger partial charge in [0, 0.05) is 32.7 Å². The predicted octanol–water partition coefficient (Wildman–Crippen LogP) is 3.04. The summed E-state index contributed by atoms with van der Waals surface area (Å²) in [5, 5.41) is 8.91. The van der Waals surface area contributed by atoms with Crippen molar-refractivity contribution in [1.82, 2.24) is 9.80 Å². The molecule has 1 aliphatic carbocycles. The smallest absolute Gasteiger partial charge is 0.0612 e. The fraction of sp³-hybridized carbons (Fsp3) is 0.391. The van der Waals surface area contributed by atoms with Crippen molar-refractivity contribution in [2.45, 2.75) is 18.9 Å². The van der Waals surface area contributed by atoms with Crippen LogP contribution in [0.15, 0.2) is 60.7 Å². The average Bonchev–Trinajstić information content (AvgIpc) is 2.86. The highest BCUT2D eigenvalue weighted by Crippen LogP contribution is 2.37. The molecule has 136 valence electrons. The zero-order valence-corrected chi connectivity index (χ0v) is 15.3. The van der Waals surface area contributed by atoms with Crippen LogP contribution in [0.4, 0.5) is 0 Å². The first-order chi connectivity index (χ1) is 12.9. The van der Waals surface area contributed by atoms with E-state index in [4.69, 9.17) is 5.11 Å². The number of hydrogen-bond acceptors (Lipinski definition) is 3. The molecule has 2 aromatic carbocycles. The highest BCUT2D eigenvalue weighted by molar-refractivity contribution is 5.44. The van der Waals surface area contributed by atoms with E-state index in [-0.39, 0.29) is 6.61 Å². The Morgan fingerprint density at radius 2 is 1.38 bits per heavy atom. The Balaban J connectivity index is 1.59. The summed E-state index contributed by atoms with van der Waals surface area (Å²) >= 11 is 0. The third-order valence-corrected chi connectivity index (χ3v) is 5.77. The summed E-state index contributed by atoms with van der Waals surface area (Å²) < 4.78 is 0. The molecule has 2 aliphatic rings. The van der Waals surface area contributed by atoms with Crippen molar-refractivity contribution in [1.29, 1.82) is 0 Å². The summed E-state index contributed by atoms with van der Waals surface area (Å²) in [6.45, 7) is 5.40. The van der Waals surface area contributed by atoms with E-state index in [0.29, 0.717) is 6.04 Å². The highest BCUT2D eigenvalue weighted by Gasteiger charge is 2.30. The van der Waals surface area contributed by atoms with Gasteiger partial charge in [-0.15, -0.1) is 0 Å². The van der Waals surface area contributed by atoms with Gasteiger partial charge in [0.25, 0.3) is 0 Å². The number of aliphatic hydroxyl groups is 1. The van der Waals surface area contributed by atoms with Crippen LogP contribution in [0.2, 0.25) is 0 Å². The van der Waals surface area contributed by atoms with Crippen LogP contribution in [0.5, 0.6) is 0 Å². The number of piperazine rings is 1. The molecule has 26 heavy (non-hydrogen) atoms. The molecule has 3 nitrogen and oxygen atoms in total. The molecule has 1 fully saturated rings. The molecule has 0 atom stereocenters. The number of aliphatic hydroxyl groups excluding tert-OH is 1. The average molecular weight is 348 g/mol. The summed E-state index contributed by atoms with van der Waals surface area (Å²) in [6, 6.07) is 18.4. The third kappa shape index (κ3) is 3.61. The van der Waals surface area contributed by atoms with E-state index < -0.39 is 0 Å². The monoisotopic (exact) mass is 348 g/mol. The van der Waals surface area contributed by atoms with Crippen LogP contribution in [-0.4, -0.2) is 54.2 Å². The lowest BCUT2D eigenvalue weighted by molar-refractivity contribution is 0.117. The number of fused-ring (bicyclic) bond motifs is 2. The standard InChI is InChI=1S/C23H28N2O/c26-18-6-5-13-24-14-16-25(17-15-24)23-21-9-3-1-7-19(21)11-12-20-8-2-4-10-22(20)23/h1-10,23,26H,11-18H2/b6-5+. The molecule has 0 bridgehead atoms. The van der Waals surface area contributed by atoms with Crippen LogP contribution in [0, 0.1) is 0 Å². The Hall–Kier alpha value is -1.94. The Morgan fingerprint density at radius 3 is 1.96 bits per heavy atom. The quantitative estimate of drug-likeness (QED) is 0.861. The van der Waals surface area contributed by atoms with E-state index in [1.54, 1.807) is 0 Å². The number of rotatable bonds is 4. The first-order valence-corrected chi connectivity index (χ1v) is 9.74. The minimum Gasteiger partial charge on any atom is -0.392 e. The second kappa shape index (κ2) is 8.17. The lowest BCUT2D eigenvalue weighted by Gasteiger charge is -2.40. The van der Waals surface area contributed by atoms with Crippen LogP contribution >= 0.6 is 0 Å². The van der Waals surface area contributed by atoms with Crippen LogP contribution in [-0.2, 0) is 12.8 Å². The fourth-order valence-electron chi connectivity index (χ4n) is 4.39. The van der Waals surface area contributed by atoms with Crippen molar-refractivity contribution in [3.63, 3.8) is 0 Å². The largest absolute Gasteiger partial charge is 0.392 e. The molecule has 1 aliphatic heterocycles. The maximum absolute atomic E-state index is 8.91. The molecule has 2 aromatic rings. The van der Waals surface area contributed by atoms with Crippen molar-refractivity contribution in [3.8, 4) is 0 Å². The molecule has 0 saturated carbocycles.